The molecule has 15 heavy (non-hydrogen) atoms. The molecule has 1 atom stereocenters. The highest BCUT2D eigenvalue weighted by Gasteiger charge is 2.21. The summed E-state index contributed by atoms with van der Waals surface area (Å²) in [6, 6.07) is 0. The lowest BCUT2D eigenvalue weighted by Gasteiger charge is -2.21. The number of nitrogens with zero attached hydrogens (tertiary/aromatic N) is 1. The van der Waals surface area contributed by atoms with Gasteiger partial charge in [-0.3, -0.25) is 0 Å². The standard InChI is InChI=1S/C9H20N2O2S2/c1-7(2)6-15(12,13)11(4)5-8(3)9(10)14/h7-8H,5-6H2,1-4H3,(H2,10,14). The zero-order valence-electron chi connectivity index (χ0n) is 9.73. The number of rotatable bonds is 6. The van der Waals surface area contributed by atoms with Crippen molar-refractivity contribution < 1.29 is 8.42 Å². The van der Waals surface area contributed by atoms with Gasteiger partial charge >= 0.3 is 0 Å². The van der Waals surface area contributed by atoms with Gasteiger partial charge in [0, 0.05) is 19.5 Å². The van der Waals surface area contributed by atoms with Crippen LogP contribution in [0.25, 0.3) is 0 Å². The van der Waals surface area contributed by atoms with Gasteiger partial charge in [-0.2, -0.15) is 0 Å². The lowest BCUT2D eigenvalue weighted by atomic mass is 10.2. The SMILES string of the molecule is CC(C)CS(=O)(=O)N(C)CC(C)C(N)=S. The third-order valence-electron chi connectivity index (χ3n) is 2.04. The Morgan fingerprint density at radius 1 is 1.40 bits per heavy atom. The fourth-order valence-corrected chi connectivity index (χ4v) is 2.76. The second-order valence-electron chi connectivity index (χ2n) is 4.26. The number of sulfonamides is 1. The largest absolute Gasteiger partial charge is 0.393 e. The summed E-state index contributed by atoms with van der Waals surface area (Å²) in [6.07, 6.45) is 0. The Morgan fingerprint density at radius 3 is 2.20 bits per heavy atom. The molecule has 0 aliphatic carbocycles. The van der Waals surface area contributed by atoms with Crippen molar-refractivity contribution in [2.75, 3.05) is 19.3 Å². The number of thiocarbonyl (C=S) groups is 1. The van der Waals surface area contributed by atoms with E-state index < -0.39 is 10.0 Å². The van der Waals surface area contributed by atoms with Crippen molar-refractivity contribution in [1.29, 1.82) is 0 Å². The van der Waals surface area contributed by atoms with Gasteiger partial charge in [0.1, 0.15) is 0 Å². The molecule has 0 aromatic carbocycles. The smallest absolute Gasteiger partial charge is 0.214 e. The normalized spacial score (nSPS) is 14.5. The van der Waals surface area contributed by atoms with Crippen molar-refractivity contribution in [2.45, 2.75) is 20.8 Å². The van der Waals surface area contributed by atoms with Crippen molar-refractivity contribution in [3.05, 3.63) is 0 Å². The second-order valence-corrected chi connectivity index (χ2v) is 6.85. The predicted molar refractivity (Wildman–Crippen MR) is 67.2 cm³/mol. The van der Waals surface area contributed by atoms with Crippen LogP contribution in [0, 0.1) is 11.8 Å². The minimum Gasteiger partial charge on any atom is -0.393 e. The molecule has 0 heterocycles. The van der Waals surface area contributed by atoms with Crippen molar-refractivity contribution in [2.24, 2.45) is 17.6 Å². The van der Waals surface area contributed by atoms with Crippen molar-refractivity contribution in [3.8, 4) is 0 Å². The Bertz CT molecular complexity index is 312. The average Bonchev–Trinajstić information content (AvgIpc) is 2.01. The van der Waals surface area contributed by atoms with Gasteiger partial charge in [-0.05, 0) is 5.92 Å². The Labute approximate surface area is 97.9 Å². The molecule has 0 saturated carbocycles. The second kappa shape index (κ2) is 5.77. The average molecular weight is 252 g/mol. The summed E-state index contributed by atoms with van der Waals surface area (Å²) in [6.45, 7) is 5.93. The lowest BCUT2D eigenvalue weighted by Crippen LogP contribution is -2.37. The molecule has 6 heteroatoms. The van der Waals surface area contributed by atoms with Crippen LogP contribution in [0.3, 0.4) is 0 Å². The molecule has 4 nitrogen and oxygen atoms in total. The van der Waals surface area contributed by atoms with Crippen LogP contribution in [0.5, 0.6) is 0 Å². The van der Waals surface area contributed by atoms with E-state index in [9.17, 15) is 8.42 Å². The van der Waals surface area contributed by atoms with E-state index in [0.717, 1.165) is 0 Å². The first-order chi connectivity index (χ1) is 6.66. The summed E-state index contributed by atoms with van der Waals surface area (Å²) < 4.78 is 24.8. The van der Waals surface area contributed by atoms with Crippen LogP contribution in [0.1, 0.15) is 20.8 Å². The maximum Gasteiger partial charge on any atom is 0.214 e. The number of hydrogen-bond acceptors (Lipinski definition) is 3. The molecule has 0 aromatic heterocycles. The van der Waals surface area contributed by atoms with Gasteiger partial charge in [0.2, 0.25) is 10.0 Å². The van der Waals surface area contributed by atoms with Crippen LogP contribution in [0.2, 0.25) is 0 Å². The van der Waals surface area contributed by atoms with E-state index in [1.807, 2.05) is 20.8 Å². The zero-order valence-corrected chi connectivity index (χ0v) is 11.4. The van der Waals surface area contributed by atoms with Crippen molar-refractivity contribution in [1.82, 2.24) is 4.31 Å². The van der Waals surface area contributed by atoms with Gasteiger partial charge in [0.25, 0.3) is 0 Å². The number of nitrogens with two attached hydrogens (primary N) is 1. The number of hydrogen-bond donors (Lipinski definition) is 1. The molecule has 2 N–H and O–H groups in total. The van der Waals surface area contributed by atoms with Gasteiger partial charge in [-0.15, -0.1) is 0 Å². The van der Waals surface area contributed by atoms with Crippen molar-refractivity contribution >= 4 is 27.2 Å². The van der Waals surface area contributed by atoms with Crippen molar-refractivity contribution in [3.63, 3.8) is 0 Å². The van der Waals surface area contributed by atoms with Crippen LogP contribution in [0.4, 0.5) is 0 Å². The quantitative estimate of drug-likeness (QED) is 0.711. The van der Waals surface area contributed by atoms with Crippen LogP contribution in [-0.4, -0.2) is 37.1 Å². The summed E-state index contributed by atoms with van der Waals surface area (Å²) in [5, 5.41) is 0. The van der Waals surface area contributed by atoms with E-state index in [-0.39, 0.29) is 17.6 Å². The van der Waals surface area contributed by atoms with Gasteiger partial charge in [-0.1, -0.05) is 33.0 Å². The maximum atomic E-state index is 11.7. The van der Waals surface area contributed by atoms with Gasteiger partial charge in [0.05, 0.1) is 10.7 Å². The van der Waals surface area contributed by atoms with Gasteiger partial charge < -0.3 is 5.73 Å². The molecule has 0 saturated heterocycles. The first-order valence-corrected chi connectivity index (χ1v) is 6.92. The van der Waals surface area contributed by atoms with Crippen LogP contribution in [0.15, 0.2) is 0 Å². The molecule has 0 amide bonds. The van der Waals surface area contributed by atoms with Crippen LogP contribution < -0.4 is 5.73 Å². The minimum atomic E-state index is -3.17. The summed E-state index contributed by atoms with van der Waals surface area (Å²) in [7, 11) is -1.61. The molecule has 0 rings (SSSR count). The monoisotopic (exact) mass is 252 g/mol. The molecule has 0 aliphatic rings. The van der Waals surface area contributed by atoms with Crippen LogP contribution >= 0.6 is 12.2 Å². The molecule has 0 bridgehead atoms. The molecular weight excluding hydrogens is 232 g/mol. The maximum absolute atomic E-state index is 11.7. The third kappa shape index (κ3) is 5.44. The summed E-state index contributed by atoms with van der Waals surface area (Å²) in [5.74, 6) is 0.192. The highest BCUT2D eigenvalue weighted by Crippen LogP contribution is 2.08. The van der Waals surface area contributed by atoms with Gasteiger partial charge in [0.15, 0.2) is 0 Å². The predicted octanol–water partition coefficient (Wildman–Crippen LogP) is 0.826. The highest BCUT2D eigenvalue weighted by molar-refractivity contribution is 7.89. The Morgan fingerprint density at radius 2 is 1.87 bits per heavy atom. The highest BCUT2D eigenvalue weighted by atomic mass is 32.2. The molecule has 90 valence electrons. The molecule has 0 aromatic rings. The van der Waals surface area contributed by atoms with E-state index in [2.05, 4.69) is 0 Å². The first-order valence-electron chi connectivity index (χ1n) is 4.90. The van der Waals surface area contributed by atoms with Crippen LogP contribution in [-0.2, 0) is 10.0 Å². The summed E-state index contributed by atoms with van der Waals surface area (Å²) in [5.41, 5.74) is 5.44. The Balaban J connectivity index is 4.44. The fraction of sp³-hybridized carbons (Fsp3) is 0.889. The van der Waals surface area contributed by atoms with E-state index in [0.29, 0.717) is 11.5 Å². The Hall–Kier alpha value is -0.200. The Kier molecular flexibility index (Phi) is 5.69. The molecule has 0 radical (unpaired) electrons. The zero-order chi connectivity index (χ0) is 12.2. The van der Waals surface area contributed by atoms with E-state index >= 15 is 0 Å². The molecule has 0 aliphatic heterocycles. The topological polar surface area (TPSA) is 63.4 Å². The van der Waals surface area contributed by atoms with Gasteiger partial charge in [-0.25, -0.2) is 12.7 Å². The molecule has 0 spiro atoms. The molecule has 1 unspecified atom stereocenters. The summed E-state index contributed by atoms with van der Waals surface area (Å²) >= 11 is 4.80. The first kappa shape index (κ1) is 14.8. The van der Waals surface area contributed by atoms with E-state index in [1.54, 1.807) is 7.05 Å². The van der Waals surface area contributed by atoms with E-state index in [1.165, 1.54) is 4.31 Å². The third-order valence-corrected chi connectivity index (χ3v) is 4.62. The molecule has 0 fully saturated rings. The molecular formula is C9H20N2O2S2. The minimum absolute atomic E-state index is 0.0908. The lowest BCUT2D eigenvalue weighted by molar-refractivity contribution is 0.440. The fourth-order valence-electron chi connectivity index (χ4n) is 1.14. The van der Waals surface area contributed by atoms with E-state index in [4.69, 9.17) is 18.0 Å². The summed E-state index contributed by atoms with van der Waals surface area (Å²) in [4.78, 5) is 0.349.